The Balaban J connectivity index is 1.75. The third-order valence-corrected chi connectivity index (χ3v) is 5.30. The fourth-order valence-corrected chi connectivity index (χ4v) is 3.80. The van der Waals surface area contributed by atoms with E-state index in [4.69, 9.17) is 14.2 Å². The molecule has 0 unspecified atom stereocenters. The molecule has 1 aliphatic heterocycles. The molecule has 0 aliphatic carbocycles. The first-order chi connectivity index (χ1) is 14.3. The predicted octanol–water partition coefficient (Wildman–Crippen LogP) is 5.28. The summed E-state index contributed by atoms with van der Waals surface area (Å²) in [4.78, 5) is 13.1. The van der Waals surface area contributed by atoms with Crippen LogP contribution >= 0.6 is 0 Å². The van der Waals surface area contributed by atoms with Crippen molar-refractivity contribution in [3.8, 4) is 17.2 Å². The van der Waals surface area contributed by atoms with Crippen LogP contribution in [0.4, 0.5) is 0 Å². The molecule has 1 aromatic heterocycles. The Kier molecular flexibility index (Phi) is 4.90. The van der Waals surface area contributed by atoms with Gasteiger partial charge in [0.25, 0.3) is 0 Å². The second-order valence-corrected chi connectivity index (χ2v) is 7.84. The van der Waals surface area contributed by atoms with Crippen LogP contribution in [0.1, 0.15) is 35.3 Å². The molecule has 0 radical (unpaired) electrons. The summed E-state index contributed by atoms with van der Waals surface area (Å²) in [7, 11) is 5.23. The van der Waals surface area contributed by atoms with Gasteiger partial charge < -0.3 is 18.8 Å². The Labute approximate surface area is 176 Å². The number of carbonyl (C=O) groups is 1. The number of carbonyl (C=O) groups excluding carboxylic acids is 1. The molecule has 0 saturated heterocycles. The van der Waals surface area contributed by atoms with Crippen molar-refractivity contribution in [2.75, 3.05) is 14.2 Å². The summed E-state index contributed by atoms with van der Waals surface area (Å²) in [5.74, 6) is 1.87. The molecule has 0 saturated carbocycles. The second-order valence-electron chi connectivity index (χ2n) is 7.84. The van der Waals surface area contributed by atoms with Crippen LogP contribution < -0.4 is 14.2 Å². The third-order valence-electron chi connectivity index (χ3n) is 5.30. The lowest BCUT2D eigenvalue weighted by atomic mass is 9.97. The summed E-state index contributed by atoms with van der Waals surface area (Å²) < 4.78 is 19.1. The highest BCUT2D eigenvalue weighted by Gasteiger charge is 2.27. The molecule has 0 atom stereocenters. The molecule has 154 valence electrons. The van der Waals surface area contributed by atoms with Gasteiger partial charge in [-0.05, 0) is 62.4 Å². The van der Waals surface area contributed by atoms with Crippen molar-refractivity contribution in [3.63, 3.8) is 0 Å². The molecule has 0 spiro atoms. The molecule has 1 aliphatic rings. The molecule has 3 aromatic rings. The summed E-state index contributed by atoms with van der Waals surface area (Å²) in [6, 6.07) is 9.45. The summed E-state index contributed by atoms with van der Waals surface area (Å²) >= 11 is 0. The SMILES string of the molecule is COc1ccc(C(=O)/C=C/c2cn(C)c3cccc(OC)c23)c2c1C=CC(C)(C)O2. The van der Waals surface area contributed by atoms with Crippen LogP contribution in [0.15, 0.2) is 48.7 Å². The average molecular weight is 403 g/mol. The number of rotatable bonds is 5. The maximum atomic E-state index is 13.1. The van der Waals surface area contributed by atoms with Gasteiger partial charge in [0, 0.05) is 24.2 Å². The highest BCUT2D eigenvalue weighted by atomic mass is 16.5. The molecular formula is C25H25NO4. The van der Waals surface area contributed by atoms with Crippen LogP contribution in [0.3, 0.4) is 0 Å². The van der Waals surface area contributed by atoms with Gasteiger partial charge in [-0.15, -0.1) is 0 Å². The van der Waals surface area contributed by atoms with Crippen LogP contribution in [0, 0.1) is 0 Å². The lowest BCUT2D eigenvalue weighted by molar-refractivity contribution is 0.103. The molecule has 2 aromatic carbocycles. The van der Waals surface area contributed by atoms with E-state index in [9.17, 15) is 4.79 Å². The van der Waals surface area contributed by atoms with E-state index < -0.39 is 5.60 Å². The number of benzene rings is 2. The van der Waals surface area contributed by atoms with Crippen LogP contribution in [-0.2, 0) is 7.05 Å². The van der Waals surface area contributed by atoms with Crippen LogP contribution in [0.25, 0.3) is 23.1 Å². The van der Waals surface area contributed by atoms with E-state index in [1.54, 1.807) is 32.4 Å². The van der Waals surface area contributed by atoms with E-state index >= 15 is 0 Å². The highest BCUT2D eigenvalue weighted by Crippen LogP contribution is 2.40. The van der Waals surface area contributed by atoms with Gasteiger partial charge in [-0.1, -0.05) is 6.07 Å². The number of allylic oxidation sites excluding steroid dienone is 1. The first-order valence-corrected chi connectivity index (χ1v) is 9.78. The van der Waals surface area contributed by atoms with Crippen molar-refractivity contribution in [2.24, 2.45) is 7.05 Å². The highest BCUT2D eigenvalue weighted by molar-refractivity contribution is 6.10. The normalized spacial score (nSPS) is 14.6. The zero-order valence-corrected chi connectivity index (χ0v) is 17.9. The molecule has 5 heteroatoms. The van der Waals surface area contributed by atoms with Crippen molar-refractivity contribution < 1.29 is 19.0 Å². The van der Waals surface area contributed by atoms with Gasteiger partial charge in [-0.2, -0.15) is 0 Å². The van der Waals surface area contributed by atoms with E-state index in [1.165, 1.54) is 0 Å². The third kappa shape index (κ3) is 3.36. The van der Waals surface area contributed by atoms with Crippen molar-refractivity contribution in [1.29, 1.82) is 0 Å². The number of ether oxygens (including phenoxy) is 3. The van der Waals surface area contributed by atoms with Crippen molar-refractivity contribution in [3.05, 3.63) is 65.4 Å². The second kappa shape index (κ2) is 7.41. The number of aromatic nitrogens is 1. The number of aryl methyl sites for hydroxylation is 1. The number of hydrogen-bond acceptors (Lipinski definition) is 4. The van der Waals surface area contributed by atoms with Gasteiger partial charge in [0.05, 0.1) is 30.9 Å². The van der Waals surface area contributed by atoms with Crippen molar-refractivity contribution >= 4 is 28.8 Å². The number of nitrogens with zero attached hydrogens (tertiary/aromatic N) is 1. The van der Waals surface area contributed by atoms with Crippen molar-refractivity contribution in [1.82, 2.24) is 4.57 Å². The van der Waals surface area contributed by atoms with Crippen molar-refractivity contribution in [2.45, 2.75) is 19.4 Å². The minimum absolute atomic E-state index is 0.132. The topological polar surface area (TPSA) is 49.7 Å². The lowest BCUT2D eigenvalue weighted by Gasteiger charge is -2.29. The summed E-state index contributed by atoms with van der Waals surface area (Å²) in [5.41, 5.74) is 2.75. The zero-order valence-electron chi connectivity index (χ0n) is 17.9. The predicted molar refractivity (Wildman–Crippen MR) is 120 cm³/mol. The Morgan fingerprint density at radius 1 is 1.10 bits per heavy atom. The Hall–Kier alpha value is -3.47. The van der Waals surface area contributed by atoms with Gasteiger partial charge in [0.2, 0.25) is 0 Å². The Morgan fingerprint density at radius 3 is 2.60 bits per heavy atom. The van der Waals surface area contributed by atoms with Gasteiger partial charge in [0.15, 0.2) is 5.78 Å². The smallest absolute Gasteiger partial charge is 0.189 e. The molecule has 5 nitrogen and oxygen atoms in total. The Bertz CT molecular complexity index is 1200. The van der Waals surface area contributed by atoms with Gasteiger partial charge in [-0.25, -0.2) is 0 Å². The minimum atomic E-state index is -0.499. The standard InChI is InChI=1S/C25H25NO4/c1-25(2)14-13-18-21(28-4)12-10-17(24(18)30-25)20(27)11-9-16-15-26(3)19-7-6-8-22(29-5)23(16)19/h6-15H,1-5H3/b11-9+. The first kappa shape index (κ1) is 19.8. The van der Waals surface area contributed by atoms with E-state index in [0.29, 0.717) is 17.1 Å². The molecule has 2 heterocycles. The van der Waals surface area contributed by atoms with E-state index in [2.05, 4.69) is 0 Å². The number of ketones is 1. The number of methoxy groups -OCH3 is 2. The molecule has 0 N–H and O–H groups in total. The zero-order chi connectivity index (χ0) is 21.5. The molecule has 0 fully saturated rings. The molecule has 0 bridgehead atoms. The maximum absolute atomic E-state index is 13.1. The minimum Gasteiger partial charge on any atom is -0.496 e. The fraction of sp³-hybridized carbons (Fsp3) is 0.240. The number of hydrogen-bond donors (Lipinski definition) is 0. The van der Waals surface area contributed by atoms with Crippen LogP contribution in [-0.4, -0.2) is 30.2 Å². The van der Waals surface area contributed by atoms with Crippen LogP contribution in [0.2, 0.25) is 0 Å². The van der Waals surface area contributed by atoms with Gasteiger partial charge in [-0.3, -0.25) is 4.79 Å². The fourth-order valence-electron chi connectivity index (χ4n) is 3.80. The van der Waals surface area contributed by atoms with Gasteiger partial charge >= 0.3 is 0 Å². The van der Waals surface area contributed by atoms with E-state index in [1.807, 2.05) is 68.1 Å². The summed E-state index contributed by atoms with van der Waals surface area (Å²) in [6.07, 6.45) is 9.31. The summed E-state index contributed by atoms with van der Waals surface area (Å²) in [5, 5.41) is 0.976. The molecular weight excluding hydrogens is 378 g/mol. The molecule has 0 amide bonds. The first-order valence-electron chi connectivity index (χ1n) is 9.78. The largest absolute Gasteiger partial charge is 0.496 e. The quantitative estimate of drug-likeness (QED) is 0.430. The number of fused-ring (bicyclic) bond motifs is 2. The Morgan fingerprint density at radius 2 is 1.87 bits per heavy atom. The van der Waals surface area contributed by atoms with Crippen LogP contribution in [0.5, 0.6) is 17.2 Å². The monoisotopic (exact) mass is 403 g/mol. The maximum Gasteiger partial charge on any atom is 0.189 e. The molecule has 30 heavy (non-hydrogen) atoms. The van der Waals surface area contributed by atoms with E-state index in [0.717, 1.165) is 27.8 Å². The van der Waals surface area contributed by atoms with Gasteiger partial charge in [0.1, 0.15) is 22.8 Å². The summed E-state index contributed by atoms with van der Waals surface area (Å²) in [6.45, 7) is 3.91. The molecule has 4 rings (SSSR count). The van der Waals surface area contributed by atoms with E-state index in [-0.39, 0.29) is 5.78 Å². The average Bonchev–Trinajstić information content (AvgIpc) is 3.06. The lowest BCUT2D eigenvalue weighted by Crippen LogP contribution is -2.28.